The number of ether oxygens (including phenoxy) is 2. The molecule has 0 unspecified atom stereocenters. The van der Waals surface area contributed by atoms with Gasteiger partial charge in [0.2, 0.25) is 0 Å². The van der Waals surface area contributed by atoms with E-state index in [0.29, 0.717) is 12.2 Å². The zero-order valence-electron chi connectivity index (χ0n) is 13.8. The highest BCUT2D eigenvalue weighted by Gasteiger charge is 2.33. The highest BCUT2D eigenvalue weighted by atomic mass is 16.6. The Morgan fingerprint density at radius 3 is 2.76 bits per heavy atom. The molecule has 1 aliphatic heterocycles. The van der Waals surface area contributed by atoms with E-state index in [1.165, 1.54) is 0 Å². The number of imide groups is 1. The Kier molecular flexibility index (Phi) is 5.12. The lowest BCUT2D eigenvalue weighted by Crippen LogP contribution is -2.31. The number of hydrogen-bond donors (Lipinski definition) is 0. The molecule has 126 valence electrons. The molecule has 25 heavy (non-hydrogen) atoms. The van der Waals surface area contributed by atoms with E-state index < -0.39 is 6.09 Å². The molecule has 1 aliphatic rings. The summed E-state index contributed by atoms with van der Waals surface area (Å²) in [5.74, 6) is 5.48. The summed E-state index contributed by atoms with van der Waals surface area (Å²) in [6, 6.07) is 14.6. The Morgan fingerprint density at radius 1 is 1.20 bits per heavy atom. The molecule has 0 fully saturated rings. The van der Waals surface area contributed by atoms with Crippen molar-refractivity contribution in [1.29, 1.82) is 0 Å². The van der Waals surface area contributed by atoms with Crippen LogP contribution in [0.2, 0.25) is 0 Å². The summed E-state index contributed by atoms with van der Waals surface area (Å²) in [4.78, 5) is 25.7. The van der Waals surface area contributed by atoms with E-state index in [1.807, 2.05) is 36.4 Å². The van der Waals surface area contributed by atoms with Crippen molar-refractivity contribution in [2.75, 3.05) is 13.7 Å². The minimum Gasteiger partial charge on any atom is -0.444 e. The van der Waals surface area contributed by atoms with Gasteiger partial charge < -0.3 is 9.47 Å². The zero-order chi connectivity index (χ0) is 17.6. The molecule has 0 saturated heterocycles. The molecule has 0 N–H and O–H groups in total. The molecule has 2 aromatic carbocycles. The second-order valence-electron chi connectivity index (χ2n) is 5.54. The van der Waals surface area contributed by atoms with Gasteiger partial charge in [-0.15, -0.1) is 0 Å². The lowest BCUT2D eigenvalue weighted by Gasteiger charge is -2.13. The summed E-state index contributed by atoms with van der Waals surface area (Å²) in [7, 11) is 1.58. The van der Waals surface area contributed by atoms with Crippen LogP contribution in [0.1, 0.15) is 27.0 Å². The number of carbonyl (C=O) groups is 2. The van der Waals surface area contributed by atoms with Gasteiger partial charge >= 0.3 is 6.09 Å². The van der Waals surface area contributed by atoms with Crippen molar-refractivity contribution >= 4 is 12.0 Å². The smallest absolute Gasteiger partial charge is 0.417 e. The summed E-state index contributed by atoms with van der Waals surface area (Å²) in [6.45, 7) is 0.670. The second kappa shape index (κ2) is 7.65. The molecule has 2 aromatic rings. The van der Waals surface area contributed by atoms with Crippen molar-refractivity contribution in [1.82, 2.24) is 4.90 Å². The predicted octanol–water partition coefficient (Wildman–Crippen LogP) is 2.98. The molecular formula is C20H17NO4. The molecule has 0 aromatic heterocycles. The van der Waals surface area contributed by atoms with Crippen LogP contribution in [-0.2, 0) is 22.6 Å². The summed E-state index contributed by atoms with van der Waals surface area (Å²) in [6.07, 6.45) is -0.642. The second-order valence-corrected chi connectivity index (χ2v) is 5.54. The van der Waals surface area contributed by atoms with Gasteiger partial charge in [-0.1, -0.05) is 42.2 Å². The van der Waals surface area contributed by atoms with Gasteiger partial charge in [0, 0.05) is 18.2 Å². The third-order valence-electron chi connectivity index (χ3n) is 3.78. The summed E-state index contributed by atoms with van der Waals surface area (Å²) in [5.41, 5.74) is 2.93. The molecule has 1 heterocycles. The van der Waals surface area contributed by atoms with Crippen LogP contribution in [0.25, 0.3) is 0 Å². The zero-order valence-corrected chi connectivity index (χ0v) is 13.8. The van der Waals surface area contributed by atoms with Gasteiger partial charge in [0.1, 0.15) is 13.2 Å². The van der Waals surface area contributed by atoms with Gasteiger partial charge in [-0.2, -0.15) is 0 Å². The Morgan fingerprint density at radius 2 is 2.00 bits per heavy atom. The first-order valence-electron chi connectivity index (χ1n) is 7.82. The van der Waals surface area contributed by atoms with Crippen molar-refractivity contribution in [2.45, 2.75) is 13.2 Å². The quantitative estimate of drug-likeness (QED) is 0.809. The Hall–Kier alpha value is -3.10. The highest BCUT2D eigenvalue weighted by molar-refractivity contribution is 6.06. The third-order valence-corrected chi connectivity index (χ3v) is 3.78. The number of fused-ring (bicyclic) bond motifs is 1. The fourth-order valence-electron chi connectivity index (χ4n) is 2.55. The van der Waals surface area contributed by atoms with E-state index in [4.69, 9.17) is 9.47 Å². The average Bonchev–Trinajstić information content (AvgIpc) is 2.97. The first kappa shape index (κ1) is 16.7. The summed E-state index contributed by atoms with van der Waals surface area (Å²) >= 11 is 0. The topological polar surface area (TPSA) is 55.8 Å². The number of amides is 2. The van der Waals surface area contributed by atoms with Crippen LogP contribution < -0.4 is 0 Å². The molecular weight excluding hydrogens is 318 g/mol. The molecule has 5 nitrogen and oxygen atoms in total. The molecule has 0 spiro atoms. The van der Waals surface area contributed by atoms with Gasteiger partial charge in [-0.3, -0.25) is 4.79 Å². The maximum atomic E-state index is 12.4. The van der Waals surface area contributed by atoms with Gasteiger partial charge in [-0.25, -0.2) is 9.69 Å². The summed E-state index contributed by atoms with van der Waals surface area (Å²) < 4.78 is 10.1. The van der Waals surface area contributed by atoms with E-state index in [-0.39, 0.29) is 19.1 Å². The van der Waals surface area contributed by atoms with E-state index in [1.54, 1.807) is 19.2 Å². The molecule has 5 heteroatoms. The molecule has 0 radical (unpaired) electrons. The Balaban J connectivity index is 1.67. The van der Waals surface area contributed by atoms with Crippen LogP contribution in [0.5, 0.6) is 0 Å². The van der Waals surface area contributed by atoms with Crippen LogP contribution in [0, 0.1) is 11.8 Å². The molecule has 3 rings (SSSR count). The molecule has 0 aliphatic carbocycles. The third kappa shape index (κ3) is 3.87. The van der Waals surface area contributed by atoms with Crippen molar-refractivity contribution in [3.8, 4) is 11.8 Å². The van der Waals surface area contributed by atoms with Crippen molar-refractivity contribution in [3.63, 3.8) is 0 Å². The fourth-order valence-corrected chi connectivity index (χ4v) is 2.55. The normalized spacial score (nSPS) is 12.4. The first-order chi connectivity index (χ1) is 12.2. The van der Waals surface area contributed by atoms with Crippen LogP contribution >= 0.6 is 0 Å². The largest absolute Gasteiger partial charge is 0.444 e. The number of rotatable bonds is 3. The van der Waals surface area contributed by atoms with Crippen LogP contribution in [0.4, 0.5) is 4.79 Å². The molecule has 0 atom stereocenters. The van der Waals surface area contributed by atoms with E-state index in [2.05, 4.69) is 11.8 Å². The number of benzene rings is 2. The molecule has 0 bridgehead atoms. The van der Waals surface area contributed by atoms with Crippen LogP contribution in [0.3, 0.4) is 0 Å². The van der Waals surface area contributed by atoms with Gasteiger partial charge in [0.15, 0.2) is 0 Å². The van der Waals surface area contributed by atoms with Gasteiger partial charge in [0.05, 0.1) is 6.54 Å². The van der Waals surface area contributed by atoms with Gasteiger partial charge in [-0.05, 0) is 29.3 Å². The highest BCUT2D eigenvalue weighted by Crippen LogP contribution is 2.24. The fraction of sp³-hybridized carbons (Fsp3) is 0.200. The maximum Gasteiger partial charge on any atom is 0.417 e. The van der Waals surface area contributed by atoms with Crippen LogP contribution in [-0.4, -0.2) is 30.6 Å². The molecule has 2 amide bonds. The van der Waals surface area contributed by atoms with Crippen molar-refractivity contribution in [3.05, 3.63) is 70.8 Å². The Bertz CT molecular complexity index is 849. The minimum atomic E-state index is -0.642. The number of hydrogen-bond acceptors (Lipinski definition) is 4. The standard InChI is InChI=1S/C20H17NO4/c1-24-11-5-8-15-9-10-18-17(12-15)13-21(19(18)22)20(23)25-14-16-6-3-2-4-7-16/h2-4,6-7,9-10,12H,11,13-14H2,1H3. The van der Waals surface area contributed by atoms with Gasteiger partial charge in [0.25, 0.3) is 5.91 Å². The van der Waals surface area contributed by atoms with Crippen LogP contribution in [0.15, 0.2) is 48.5 Å². The maximum absolute atomic E-state index is 12.4. The first-order valence-corrected chi connectivity index (χ1v) is 7.82. The van der Waals surface area contributed by atoms with E-state index >= 15 is 0 Å². The number of carbonyl (C=O) groups excluding carboxylic acids is 2. The lowest BCUT2D eigenvalue weighted by atomic mass is 10.1. The number of methoxy groups -OCH3 is 1. The van der Waals surface area contributed by atoms with E-state index in [0.717, 1.165) is 21.6 Å². The predicted molar refractivity (Wildman–Crippen MR) is 91.7 cm³/mol. The SMILES string of the molecule is COCC#Cc1ccc2c(c1)CN(C(=O)OCc1ccccc1)C2=O. The number of nitrogens with zero attached hydrogens (tertiary/aromatic N) is 1. The van der Waals surface area contributed by atoms with Crippen molar-refractivity contribution in [2.24, 2.45) is 0 Å². The average molecular weight is 335 g/mol. The van der Waals surface area contributed by atoms with Crippen molar-refractivity contribution < 1.29 is 19.1 Å². The summed E-state index contributed by atoms with van der Waals surface area (Å²) in [5, 5.41) is 0. The van der Waals surface area contributed by atoms with E-state index in [9.17, 15) is 9.59 Å². The molecule has 0 saturated carbocycles. The Labute approximate surface area is 146 Å². The monoisotopic (exact) mass is 335 g/mol. The minimum absolute atomic E-state index is 0.132. The lowest BCUT2D eigenvalue weighted by molar-refractivity contribution is 0.0662.